The Labute approximate surface area is 157 Å². The van der Waals surface area contributed by atoms with Crippen molar-refractivity contribution in [2.75, 3.05) is 5.32 Å². The molecule has 1 aromatic heterocycles. The first-order chi connectivity index (χ1) is 12.0. The maximum atomic E-state index is 12.4. The molecule has 2 saturated carbocycles. The fourth-order valence-electron chi connectivity index (χ4n) is 4.64. The van der Waals surface area contributed by atoms with Crippen LogP contribution in [0.3, 0.4) is 0 Å². The van der Waals surface area contributed by atoms with Crippen molar-refractivity contribution >= 4 is 27.5 Å². The van der Waals surface area contributed by atoms with E-state index in [1.165, 1.54) is 25.7 Å². The van der Waals surface area contributed by atoms with Gasteiger partial charge in [0, 0.05) is 12.1 Å². The van der Waals surface area contributed by atoms with Gasteiger partial charge in [-0.1, -0.05) is 6.42 Å². The number of carbonyl (C=O) groups excluding carboxylic acids is 1. The fourth-order valence-corrected chi connectivity index (χ4v) is 4.88. The van der Waals surface area contributed by atoms with Crippen LogP contribution in [0.25, 0.3) is 5.69 Å². The number of fused-ring (bicyclic) bond motifs is 2. The Bertz CT molecular complexity index is 796. The van der Waals surface area contributed by atoms with Crippen LogP contribution in [0.5, 0.6) is 0 Å². The smallest absolute Gasteiger partial charge is 0.224 e. The van der Waals surface area contributed by atoms with Crippen molar-refractivity contribution in [3.63, 3.8) is 0 Å². The molecule has 3 atom stereocenters. The minimum absolute atomic E-state index is 0.152. The average Bonchev–Trinajstić information content (AvgIpc) is 3.27. The molecule has 132 valence electrons. The van der Waals surface area contributed by atoms with E-state index in [0.717, 1.165) is 39.1 Å². The van der Waals surface area contributed by atoms with Crippen molar-refractivity contribution in [2.45, 2.75) is 46.0 Å². The second-order valence-electron chi connectivity index (χ2n) is 7.63. The zero-order valence-electron chi connectivity index (χ0n) is 14.8. The lowest BCUT2D eigenvalue weighted by Gasteiger charge is -2.20. The summed E-state index contributed by atoms with van der Waals surface area (Å²) in [7, 11) is 0. The quantitative estimate of drug-likeness (QED) is 0.781. The van der Waals surface area contributed by atoms with Crippen LogP contribution in [0.4, 0.5) is 5.69 Å². The summed E-state index contributed by atoms with van der Waals surface area (Å²) in [6, 6.07) is 7.91. The molecule has 2 fully saturated rings. The number of hydrogen-bond acceptors (Lipinski definition) is 2. The van der Waals surface area contributed by atoms with Gasteiger partial charge in [0.05, 0.1) is 21.5 Å². The van der Waals surface area contributed by atoms with Gasteiger partial charge >= 0.3 is 0 Å². The molecular formula is C20H24BrN3O. The molecule has 2 aromatic rings. The largest absolute Gasteiger partial charge is 0.326 e. The summed E-state index contributed by atoms with van der Waals surface area (Å²) < 4.78 is 2.95. The standard InChI is InChI=1S/C20H24BrN3O/c1-12-20(21)13(2)24(23-12)18-7-5-17(6-8-18)22-19(25)11-16-10-14-3-4-15(16)9-14/h5-8,14-16H,3-4,9-11H2,1-2H3,(H,22,25). The van der Waals surface area contributed by atoms with Crippen LogP contribution in [0.2, 0.25) is 0 Å². The second kappa shape index (κ2) is 6.60. The second-order valence-corrected chi connectivity index (χ2v) is 8.42. The Balaban J connectivity index is 1.40. The topological polar surface area (TPSA) is 46.9 Å². The molecule has 0 spiro atoms. The summed E-state index contributed by atoms with van der Waals surface area (Å²) in [6.07, 6.45) is 5.99. The van der Waals surface area contributed by atoms with Crippen molar-refractivity contribution in [2.24, 2.45) is 17.8 Å². The van der Waals surface area contributed by atoms with E-state index in [9.17, 15) is 4.79 Å². The van der Waals surface area contributed by atoms with Crippen LogP contribution in [0.1, 0.15) is 43.5 Å². The number of aromatic nitrogens is 2. The van der Waals surface area contributed by atoms with E-state index in [0.29, 0.717) is 12.3 Å². The predicted octanol–water partition coefficient (Wildman–Crippen LogP) is 5.02. The zero-order chi connectivity index (χ0) is 17.6. The number of nitrogens with one attached hydrogen (secondary N) is 1. The molecule has 0 saturated heterocycles. The SMILES string of the molecule is Cc1nn(-c2ccc(NC(=O)CC3CC4CCC3C4)cc2)c(C)c1Br. The molecule has 2 bridgehead atoms. The molecular weight excluding hydrogens is 378 g/mol. The highest BCUT2D eigenvalue weighted by Crippen LogP contribution is 2.49. The highest BCUT2D eigenvalue weighted by atomic mass is 79.9. The molecule has 0 aliphatic heterocycles. The minimum atomic E-state index is 0.152. The Kier molecular flexibility index (Phi) is 4.44. The Hall–Kier alpha value is -1.62. The molecule has 2 aliphatic rings. The number of nitrogens with zero attached hydrogens (tertiary/aromatic N) is 2. The molecule has 0 radical (unpaired) electrons. The fraction of sp³-hybridized carbons (Fsp3) is 0.500. The van der Waals surface area contributed by atoms with E-state index in [2.05, 4.69) is 26.3 Å². The molecule has 3 unspecified atom stereocenters. The van der Waals surface area contributed by atoms with Crippen LogP contribution >= 0.6 is 15.9 Å². The highest BCUT2D eigenvalue weighted by molar-refractivity contribution is 9.10. The first-order valence-electron chi connectivity index (χ1n) is 9.13. The van der Waals surface area contributed by atoms with Crippen molar-refractivity contribution < 1.29 is 4.79 Å². The van der Waals surface area contributed by atoms with E-state index >= 15 is 0 Å². The van der Waals surface area contributed by atoms with Gasteiger partial charge < -0.3 is 5.32 Å². The summed E-state index contributed by atoms with van der Waals surface area (Å²) in [5.41, 5.74) is 3.90. The molecule has 5 heteroatoms. The lowest BCUT2D eigenvalue weighted by atomic mass is 9.86. The zero-order valence-corrected chi connectivity index (χ0v) is 16.3. The number of hydrogen-bond donors (Lipinski definition) is 1. The Morgan fingerprint density at radius 1 is 1.24 bits per heavy atom. The molecule has 1 heterocycles. The van der Waals surface area contributed by atoms with E-state index < -0.39 is 0 Å². The molecule has 4 nitrogen and oxygen atoms in total. The monoisotopic (exact) mass is 401 g/mol. The number of benzene rings is 1. The minimum Gasteiger partial charge on any atom is -0.326 e. The van der Waals surface area contributed by atoms with Gasteiger partial charge in [-0.25, -0.2) is 4.68 Å². The number of halogens is 1. The molecule has 25 heavy (non-hydrogen) atoms. The molecule has 1 N–H and O–H groups in total. The maximum absolute atomic E-state index is 12.4. The predicted molar refractivity (Wildman–Crippen MR) is 103 cm³/mol. The summed E-state index contributed by atoms with van der Waals surface area (Å²) in [6.45, 7) is 4.02. The summed E-state index contributed by atoms with van der Waals surface area (Å²) in [4.78, 5) is 12.4. The van der Waals surface area contributed by atoms with Crippen LogP contribution in [-0.4, -0.2) is 15.7 Å². The summed E-state index contributed by atoms with van der Waals surface area (Å²) >= 11 is 3.56. The number of aryl methyl sites for hydroxylation is 1. The molecule has 1 amide bonds. The first-order valence-corrected chi connectivity index (χ1v) is 9.92. The third-order valence-electron chi connectivity index (χ3n) is 5.93. The molecule has 1 aromatic carbocycles. The van der Waals surface area contributed by atoms with Crippen LogP contribution < -0.4 is 5.32 Å². The number of rotatable bonds is 4. The van der Waals surface area contributed by atoms with E-state index in [1.807, 2.05) is 42.8 Å². The lowest BCUT2D eigenvalue weighted by Crippen LogP contribution is -2.20. The number of anilines is 1. The maximum Gasteiger partial charge on any atom is 0.224 e. The van der Waals surface area contributed by atoms with Crippen molar-refractivity contribution in [3.8, 4) is 5.69 Å². The first kappa shape index (κ1) is 16.8. The molecule has 4 rings (SSSR count). The van der Waals surface area contributed by atoms with Gasteiger partial charge in [0.15, 0.2) is 0 Å². The third kappa shape index (κ3) is 3.26. The van der Waals surface area contributed by atoms with Crippen molar-refractivity contribution in [1.29, 1.82) is 0 Å². The molecule has 2 aliphatic carbocycles. The van der Waals surface area contributed by atoms with Crippen molar-refractivity contribution in [3.05, 3.63) is 40.1 Å². The highest BCUT2D eigenvalue weighted by Gasteiger charge is 2.40. The van der Waals surface area contributed by atoms with E-state index in [4.69, 9.17) is 0 Å². The van der Waals surface area contributed by atoms with Gasteiger partial charge in [0.25, 0.3) is 0 Å². The Morgan fingerprint density at radius 3 is 2.56 bits per heavy atom. The summed E-state index contributed by atoms with van der Waals surface area (Å²) in [5.74, 6) is 2.44. The number of carbonyl (C=O) groups is 1. The van der Waals surface area contributed by atoms with Gasteiger partial charge in [0.1, 0.15) is 0 Å². The lowest BCUT2D eigenvalue weighted by molar-refractivity contribution is -0.117. The van der Waals surface area contributed by atoms with Crippen LogP contribution in [0.15, 0.2) is 28.7 Å². The van der Waals surface area contributed by atoms with E-state index in [1.54, 1.807) is 0 Å². The van der Waals surface area contributed by atoms with E-state index in [-0.39, 0.29) is 5.91 Å². The van der Waals surface area contributed by atoms with Gasteiger partial charge in [0.2, 0.25) is 5.91 Å². The number of amides is 1. The van der Waals surface area contributed by atoms with Crippen molar-refractivity contribution in [1.82, 2.24) is 9.78 Å². The normalized spacial score (nSPS) is 24.7. The van der Waals surface area contributed by atoms with Gasteiger partial charge in [-0.15, -0.1) is 0 Å². The van der Waals surface area contributed by atoms with Crippen LogP contribution in [-0.2, 0) is 4.79 Å². The van der Waals surface area contributed by atoms with Gasteiger partial charge in [-0.3, -0.25) is 4.79 Å². The van der Waals surface area contributed by atoms with Gasteiger partial charge in [-0.2, -0.15) is 5.10 Å². The average molecular weight is 402 g/mol. The Morgan fingerprint density at radius 2 is 2.00 bits per heavy atom. The van der Waals surface area contributed by atoms with Gasteiger partial charge in [-0.05, 0) is 91.1 Å². The van der Waals surface area contributed by atoms with Crippen LogP contribution in [0, 0.1) is 31.6 Å². The summed E-state index contributed by atoms with van der Waals surface area (Å²) in [5, 5.41) is 7.60. The third-order valence-corrected chi connectivity index (χ3v) is 7.08.